The molecule has 0 spiro atoms. The Bertz CT molecular complexity index is 412. The average Bonchev–Trinajstić information content (AvgIpc) is 2.50. The smallest absolute Gasteiger partial charge is 0.119 e. The van der Waals surface area contributed by atoms with Crippen molar-refractivity contribution in [3.8, 4) is 5.75 Å². The fourth-order valence-corrected chi connectivity index (χ4v) is 2.53. The quantitative estimate of drug-likeness (QED) is 0.745. The van der Waals surface area contributed by atoms with E-state index in [0.717, 1.165) is 58.2 Å². The highest BCUT2D eigenvalue weighted by Gasteiger charge is 2.17. The number of rotatable bonds is 8. The van der Waals surface area contributed by atoms with Crippen LogP contribution < -0.4 is 10.1 Å². The first-order valence-corrected chi connectivity index (χ1v) is 8.04. The summed E-state index contributed by atoms with van der Waals surface area (Å²) >= 11 is 0. The summed E-state index contributed by atoms with van der Waals surface area (Å²) in [6, 6.07) is 8.86. The van der Waals surface area contributed by atoms with Crippen LogP contribution in [0.2, 0.25) is 0 Å². The van der Waals surface area contributed by atoms with Crippen LogP contribution in [0.3, 0.4) is 0 Å². The van der Waals surface area contributed by atoms with E-state index in [1.165, 1.54) is 5.56 Å². The summed E-state index contributed by atoms with van der Waals surface area (Å²) in [4.78, 5) is 2.43. The van der Waals surface area contributed by atoms with E-state index >= 15 is 0 Å². The normalized spacial score (nSPS) is 19.6. The van der Waals surface area contributed by atoms with Gasteiger partial charge in [0, 0.05) is 25.7 Å². The number of hydrogen-bond acceptors (Lipinski definition) is 4. The SMILES string of the molecule is CCCNCc1cccc(OCCN2CCOCC2C)c1. The Morgan fingerprint density at radius 1 is 1.43 bits per heavy atom. The van der Waals surface area contributed by atoms with Gasteiger partial charge in [0.05, 0.1) is 13.2 Å². The molecule has 1 aromatic rings. The Balaban J connectivity index is 1.73. The van der Waals surface area contributed by atoms with E-state index in [0.29, 0.717) is 6.04 Å². The third-order valence-electron chi connectivity index (χ3n) is 3.81. The zero-order valence-corrected chi connectivity index (χ0v) is 13.3. The molecular formula is C17H28N2O2. The first-order valence-electron chi connectivity index (χ1n) is 8.04. The molecule has 1 unspecified atom stereocenters. The van der Waals surface area contributed by atoms with Crippen LogP contribution in [-0.4, -0.2) is 50.4 Å². The predicted octanol–water partition coefficient (Wildman–Crippen LogP) is 2.29. The Morgan fingerprint density at radius 2 is 2.33 bits per heavy atom. The molecule has 0 bridgehead atoms. The molecule has 1 atom stereocenters. The van der Waals surface area contributed by atoms with Gasteiger partial charge in [-0.2, -0.15) is 0 Å². The highest BCUT2D eigenvalue weighted by molar-refractivity contribution is 5.28. The van der Waals surface area contributed by atoms with Gasteiger partial charge >= 0.3 is 0 Å². The molecule has 0 aromatic heterocycles. The van der Waals surface area contributed by atoms with Crippen molar-refractivity contribution in [2.75, 3.05) is 39.5 Å². The first kappa shape index (κ1) is 16.3. The molecule has 2 rings (SSSR count). The second-order valence-electron chi connectivity index (χ2n) is 5.63. The van der Waals surface area contributed by atoms with Crippen molar-refractivity contribution >= 4 is 0 Å². The van der Waals surface area contributed by atoms with Gasteiger partial charge in [0.25, 0.3) is 0 Å². The summed E-state index contributed by atoms with van der Waals surface area (Å²) in [6.45, 7) is 10.7. The molecule has 1 aromatic carbocycles. The zero-order chi connectivity index (χ0) is 14.9. The number of nitrogens with one attached hydrogen (secondary N) is 1. The molecule has 1 fully saturated rings. The fourth-order valence-electron chi connectivity index (χ4n) is 2.53. The van der Waals surface area contributed by atoms with Gasteiger partial charge in [0.1, 0.15) is 12.4 Å². The maximum atomic E-state index is 5.89. The Kier molecular flexibility index (Phi) is 7.00. The third-order valence-corrected chi connectivity index (χ3v) is 3.81. The highest BCUT2D eigenvalue weighted by Crippen LogP contribution is 2.14. The van der Waals surface area contributed by atoms with E-state index < -0.39 is 0 Å². The van der Waals surface area contributed by atoms with Crippen molar-refractivity contribution in [3.63, 3.8) is 0 Å². The fraction of sp³-hybridized carbons (Fsp3) is 0.647. The average molecular weight is 292 g/mol. The van der Waals surface area contributed by atoms with Crippen molar-refractivity contribution in [1.82, 2.24) is 10.2 Å². The molecule has 0 aliphatic carbocycles. The molecule has 0 amide bonds. The second kappa shape index (κ2) is 9.03. The van der Waals surface area contributed by atoms with E-state index in [1.807, 2.05) is 6.07 Å². The summed E-state index contributed by atoms with van der Waals surface area (Å²) in [5.74, 6) is 0.965. The van der Waals surface area contributed by atoms with Gasteiger partial charge in [0.2, 0.25) is 0 Å². The summed E-state index contributed by atoms with van der Waals surface area (Å²) in [7, 11) is 0. The standard InChI is InChI=1S/C17H28N2O2/c1-3-7-18-13-16-5-4-6-17(12-16)21-11-9-19-8-10-20-14-15(19)2/h4-6,12,15,18H,3,7-11,13-14H2,1-2H3. The molecule has 118 valence electrons. The minimum atomic E-state index is 0.493. The predicted molar refractivity (Wildman–Crippen MR) is 85.8 cm³/mol. The summed E-state index contributed by atoms with van der Waals surface area (Å²) in [5.41, 5.74) is 1.28. The molecule has 0 saturated carbocycles. The molecular weight excluding hydrogens is 264 g/mol. The van der Waals surface area contributed by atoms with Crippen LogP contribution in [-0.2, 0) is 11.3 Å². The van der Waals surface area contributed by atoms with Crippen LogP contribution in [0, 0.1) is 0 Å². The number of ether oxygens (including phenoxy) is 2. The van der Waals surface area contributed by atoms with Crippen molar-refractivity contribution in [2.24, 2.45) is 0 Å². The highest BCUT2D eigenvalue weighted by atomic mass is 16.5. The molecule has 0 radical (unpaired) electrons. The molecule has 1 saturated heterocycles. The monoisotopic (exact) mass is 292 g/mol. The van der Waals surface area contributed by atoms with Crippen LogP contribution in [0.1, 0.15) is 25.8 Å². The number of nitrogens with zero attached hydrogens (tertiary/aromatic N) is 1. The number of hydrogen-bond donors (Lipinski definition) is 1. The van der Waals surface area contributed by atoms with Gasteiger partial charge < -0.3 is 14.8 Å². The zero-order valence-electron chi connectivity index (χ0n) is 13.3. The molecule has 1 aliphatic heterocycles. The van der Waals surface area contributed by atoms with Gasteiger partial charge in [-0.05, 0) is 37.6 Å². The van der Waals surface area contributed by atoms with Crippen LogP contribution >= 0.6 is 0 Å². The van der Waals surface area contributed by atoms with Gasteiger partial charge in [-0.1, -0.05) is 19.1 Å². The van der Waals surface area contributed by atoms with Crippen LogP contribution in [0.15, 0.2) is 24.3 Å². The van der Waals surface area contributed by atoms with Crippen molar-refractivity contribution in [3.05, 3.63) is 29.8 Å². The van der Waals surface area contributed by atoms with Crippen molar-refractivity contribution < 1.29 is 9.47 Å². The van der Waals surface area contributed by atoms with E-state index in [-0.39, 0.29) is 0 Å². The lowest BCUT2D eigenvalue weighted by Crippen LogP contribution is -2.45. The molecule has 4 nitrogen and oxygen atoms in total. The third kappa shape index (κ3) is 5.65. The van der Waals surface area contributed by atoms with Crippen LogP contribution in [0.5, 0.6) is 5.75 Å². The Morgan fingerprint density at radius 3 is 3.14 bits per heavy atom. The van der Waals surface area contributed by atoms with Crippen molar-refractivity contribution in [1.29, 1.82) is 0 Å². The molecule has 21 heavy (non-hydrogen) atoms. The Hall–Kier alpha value is -1.10. The van der Waals surface area contributed by atoms with Gasteiger partial charge in [-0.15, -0.1) is 0 Å². The van der Waals surface area contributed by atoms with Crippen LogP contribution in [0.4, 0.5) is 0 Å². The maximum absolute atomic E-state index is 5.89. The largest absolute Gasteiger partial charge is 0.492 e. The molecule has 1 aliphatic rings. The second-order valence-corrected chi connectivity index (χ2v) is 5.63. The number of morpholine rings is 1. The lowest BCUT2D eigenvalue weighted by Gasteiger charge is -2.32. The lowest BCUT2D eigenvalue weighted by atomic mass is 10.2. The molecule has 1 N–H and O–H groups in total. The summed E-state index contributed by atoms with van der Waals surface area (Å²) in [6.07, 6.45) is 1.16. The van der Waals surface area contributed by atoms with E-state index in [2.05, 4.69) is 42.3 Å². The number of benzene rings is 1. The van der Waals surface area contributed by atoms with Crippen molar-refractivity contribution in [2.45, 2.75) is 32.9 Å². The lowest BCUT2D eigenvalue weighted by molar-refractivity contribution is -0.00514. The van der Waals surface area contributed by atoms with Gasteiger partial charge in [-0.25, -0.2) is 0 Å². The molecule has 1 heterocycles. The topological polar surface area (TPSA) is 33.7 Å². The first-order chi connectivity index (χ1) is 10.3. The van der Waals surface area contributed by atoms with E-state index in [9.17, 15) is 0 Å². The Labute approximate surface area is 128 Å². The summed E-state index contributed by atoms with van der Waals surface area (Å²) < 4.78 is 11.3. The van der Waals surface area contributed by atoms with E-state index in [1.54, 1.807) is 0 Å². The summed E-state index contributed by atoms with van der Waals surface area (Å²) in [5, 5.41) is 3.41. The molecule has 4 heteroatoms. The minimum Gasteiger partial charge on any atom is -0.492 e. The van der Waals surface area contributed by atoms with Gasteiger partial charge in [0.15, 0.2) is 0 Å². The van der Waals surface area contributed by atoms with Crippen LogP contribution in [0.25, 0.3) is 0 Å². The van der Waals surface area contributed by atoms with Gasteiger partial charge in [-0.3, -0.25) is 4.90 Å². The van der Waals surface area contributed by atoms with E-state index in [4.69, 9.17) is 9.47 Å². The maximum Gasteiger partial charge on any atom is 0.119 e. The minimum absolute atomic E-state index is 0.493.